The Morgan fingerprint density at radius 1 is 1.55 bits per heavy atom. The van der Waals surface area contributed by atoms with Crippen LogP contribution in [-0.2, 0) is 14.3 Å². The summed E-state index contributed by atoms with van der Waals surface area (Å²) in [5.41, 5.74) is 1.08. The zero-order valence-corrected chi connectivity index (χ0v) is 11.9. The fourth-order valence-electron chi connectivity index (χ4n) is 2.75. The van der Waals surface area contributed by atoms with Gasteiger partial charge < -0.3 is 14.7 Å². The van der Waals surface area contributed by atoms with Gasteiger partial charge in [0.15, 0.2) is 0 Å². The van der Waals surface area contributed by atoms with Crippen LogP contribution in [0.25, 0.3) is 0 Å². The maximum atomic E-state index is 12.4. The second-order valence-electron chi connectivity index (χ2n) is 5.13. The van der Waals surface area contributed by atoms with Crippen molar-refractivity contribution in [3.63, 3.8) is 0 Å². The molecule has 6 nitrogen and oxygen atoms in total. The van der Waals surface area contributed by atoms with E-state index in [4.69, 9.17) is 4.74 Å². The number of hydrogen-bond donors (Lipinski definition) is 1. The molecule has 1 fully saturated rings. The summed E-state index contributed by atoms with van der Waals surface area (Å²) in [4.78, 5) is 27.1. The highest BCUT2D eigenvalue weighted by Crippen LogP contribution is 2.22. The van der Waals surface area contributed by atoms with E-state index in [2.05, 4.69) is 6.08 Å². The molecule has 2 rings (SSSR count). The number of ether oxygens (including phenoxy) is 1. The Balaban J connectivity index is 1.99. The van der Waals surface area contributed by atoms with Crippen LogP contribution >= 0.6 is 0 Å². The van der Waals surface area contributed by atoms with Crippen LogP contribution in [0.5, 0.6) is 0 Å². The van der Waals surface area contributed by atoms with E-state index in [0.717, 1.165) is 25.0 Å². The predicted molar refractivity (Wildman–Crippen MR) is 73.1 cm³/mol. The van der Waals surface area contributed by atoms with Crippen molar-refractivity contribution in [2.75, 3.05) is 32.8 Å². The largest absolute Gasteiger partial charge is 0.480 e. The molecule has 1 aliphatic carbocycles. The van der Waals surface area contributed by atoms with E-state index in [0.29, 0.717) is 19.7 Å². The normalized spacial score (nSPS) is 23.4. The number of rotatable bonds is 5. The first-order valence-electron chi connectivity index (χ1n) is 7.17. The molecule has 0 radical (unpaired) electrons. The minimum absolute atomic E-state index is 0.0196. The molecule has 1 aliphatic heterocycles. The van der Waals surface area contributed by atoms with E-state index in [1.807, 2.05) is 6.92 Å². The van der Waals surface area contributed by atoms with Crippen molar-refractivity contribution in [1.29, 1.82) is 0 Å². The summed E-state index contributed by atoms with van der Waals surface area (Å²) in [6, 6.07) is -0.719. The molecule has 1 N–H and O–H groups in total. The van der Waals surface area contributed by atoms with E-state index in [1.54, 1.807) is 9.80 Å². The average molecular weight is 282 g/mol. The quantitative estimate of drug-likeness (QED) is 0.803. The molecule has 1 heterocycles. The van der Waals surface area contributed by atoms with Gasteiger partial charge in [0.25, 0.3) is 0 Å². The van der Waals surface area contributed by atoms with Crippen LogP contribution in [0.15, 0.2) is 11.8 Å². The molecule has 1 saturated heterocycles. The van der Waals surface area contributed by atoms with E-state index in [1.165, 1.54) is 0 Å². The Morgan fingerprint density at radius 3 is 2.95 bits per heavy atom. The molecule has 0 bridgehead atoms. The lowest BCUT2D eigenvalue weighted by Crippen LogP contribution is -2.53. The predicted octanol–water partition coefficient (Wildman–Crippen LogP) is 0.688. The van der Waals surface area contributed by atoms with Crippen LogP contribution in [0.2, 0.25) is 0 Å². The molecule has 0 aromatic carbocycles. The number of amides is 1. The van der Waals surface area contributed by atoms with Gasteiger partial charge in [0, 0.05) is 18.8 Å². The summed E-state index contributed by atoms with van der Waals surface area (Å²) >= 11 is 0. The first-order chi connectivity index (χ1) is 9.63. The van der Waals surface area contributed by atoms with Gasteiger partial charge in [-0.15, -0.1) is 0 Å². The van der Waals surface area contributed by atoms with Gasteiger partial charge in [-0.3, -0.25) is 14.5 Å². The van der Waals surface area contributed by atoms with E-state index in [9.17, 15) is 14.7 Å². The van der Waals surface area contributed by atoms with Crippen LogP contribution < -0.4 is 0 Å². The first kappa shape index (κ1) is 15.0. The van der Waals surface area contributed by atoms with Crippen molar-refractivity contribution >= 4 is 11.9 Å². The highest BCUT2D eigenvalue weighted by Gasteiger charge is 2.32. The number of carbonyl (C=O) groups is 2. The fraction of sp³-hybridized carbons (Fsp3) is 0.714. The number of likely N-dealkylation sites (N-methyl/N-ethyl adjacent to an activating group) is 1. The molecular weight excluding hydrogens is 260 g/mol. The third-order valence-electron chi connectivity index (χ3n) is 3.84. The molecule has 0 aromatic rings. The lowest BCUT2D eigenvalue weighted by Gasteiger charge is -2.34. The number of allylic oxidation sites excluding steroid dienone is 2. The topological polar surface area (TPSA) is 70.1 Å². The summed E-state index contributed by atoms with van der Waals surface area (Å²) in [6.45, 7) is 3.84. The van der Waals surface area contributed by atoms with Crippen molar-refractivity contribution in [3.8, 4) is 0 Å². The molecule has 1 unspecified atom stereocenters. The smallest absolute Gasteiger partial charge is 0.323 e. The maximum Gasteiger partial charge on any atom is 0.323 e. The second kappa shape index (κ2) is 6.85. The lowest BCUT2D eigenvalue weighted by molar-refractivity contribution is -0.151. The zero-order valence-electron chi connectivity index (χ0n) is 11.9. The number of carboxylic acid groups (broad SMARTS) is 1. The molecule has 1 atom stereocenters. The first-order valence-corrected chi connectivity index (χ1v) is 7.17. The minimum atomic E-state index is -0.930. The number of aliphatic carboxylic acids is 1. The SMILES string of the molecule is CCN(C(=O)CN1CCOCC1C(=O)O)C1=CCCC1. The molecule has 0 saturated carbocycles. The number of morpholine rings is 1. The third-order valence-corrected chi connectivity index (χ3v) is 3.84. The Kier molecular flexibility index (Phi) is 5.14. The monoisotopic (exact) mass is 282 g/mol. The van der Waals surface area contributed by atoms with Gasteiger partial charge in [-0.25, -0.2) is 0 Å². The van der Waals surface area contributed by atoms with Crippen molar-refractivity contribution in [1.82, 2.24) is 9.80 Å². The number of carboxylic acids is 1. The van der Waals surface area contributed by atoms with E-state index < -0.39 is 12.0 Å². The Labute approximate surface area is 119 Å². The van der Waals surface area contributed by atoms with Gasteiger partial charge in [0.1, 0.15) is 6.04 Å². The summed E-state index contributed by atoms with van der Waals surface area (Å²) in [6.07, 6.45) is 5.16. The summed E-state index contributed by atoms with van der Waals surface area (Å²) < 4.78 is 5.18. The highest BCUT2D eigenvalue weighted by atomic mass is 16.5. The zero-order chi connectivity index (χ0) is 14.5. The van der Waals surface area contributed by atoms with E-state index >= 15 is 0 Å². The molecule has 1 amide bonds. The summed E-state index contributed by atoms with van der Waals surface area (Å²) in [5.74, 6) is -0.950. The Hall–Kier alpha value is -1.40. The molecular formula is C14H22N2O4. The molecule has 112 valence electrons. The molecule has 0 spiro atoms. The van der Waals surface area contributed by atoms with Gasteiger partial charge in [-0.05, 0) is 26.2 Å². The standard InChI is InChI=1S/C14H22N2O4/c1-2-16(11-5-3-4-6-11)13(17)9-15-7-8-20-10-12(15)14(18)19/h5,12H,2-4,6-10H2,1H3,(H,18,19). The van der Waals surface area contributed by atoms with Crippen molar-refractivity contribution in [2.24, 2.45) is 0 Å². The summed E-state index contributed by atoms with van der Waals surface area (Å²) in [7, 11) is 0. The lowest BCUT2D eigenvalue weighted by atomic mass is 10.2. The van der Waals surface area contributed by atoms with Crippen LogP contribution in [0.3, 0.4) is 0 Å². The summed E-state index contributed by atoms with van der Waals surface area (Å²) in [5, 5.41) is 9.17. The Bertz CT molecular complexity index is 408. The maximum absolute atomic E-state index is 12.4. The van der Waals surface area contributed by atoms with Gasteiger partial charge in [0.2, 0.25) is 5.91 Å². The van der Waals surface area contributed by atoms with Gasteiger partial charge in [-0.1, -0.05) is 6.08 Å². The fourth-order valence-corrected chi connectivity index (χ4v) is 2.75. The number of hydrogen-bond acceptors (Lipinski definition) is 4. The molecule has 2 aliphatic rings. The molecule has 6 heteroatoms. The van der Waals surface area contributed by atoms with Crippen LogP contribution in [0, 0.1) is 0 Å². The third kappa shape index (κ3) is 3.37. The number of nitrogens with zero attached hydrogens (tertiary/aromatic N) is 2. The molecule has 0 aromatic heterocycles. The van der Waals surface area contributed by atoms with Crippen molar-refractivity contribution < 1.29 is 19.4 Å². The number of carbonyl (C=O) groups excluding carboxylic acids is 1. The van der Waals surface area contributed by atoms with Crippen LogP contribution in [0.4, 0.5) is 0 Å². The van der Waals surface area contributed by atoms with Gasteiger partial charge in [-0.2, -0.15) is 0 Å². The van der Waals surface area contributed by atoms with Gasteiger partial charge in [0.05, 0.1) is 19.8 Å². The molecule has 20 heavy (non-hydrogen) atoms. The van der Waals surface area contributed by atoms with Crippen molar-refractivity contribution in [3.05, 3.63) is 11.8 Å². The van der Waals surface area contributed by atoms with Crippen LogP contribution in [-0.4, -0.2) is 65.7 Å². The van der Waals surface area contributed by atoms with E-state index in [-0.39, 0.29) is 19.1 Å². The van der Waals surface area contributed by atoms with Crippen LogP contribution in [0.1, 0.15) is 26.2 Å². The average Bonchev–Trinajstić information content (AvgIpc) is 2.94. The minimum Gasteiger partial charge on any atom is -0.480 e. The Morgan fingerprint density at radius 2 is 2.35 bits per heavy atom. The van der Waals surface area contributed by atoms with Crippen molar-refractivity contribution in [2.45, 2.75) is 32.2 Å². The highest BCUT2D eigenvalue weighted by molar-refractivity contribution is 5.81. The second-order valence-corrected chi connectivity index (χ2v) is 5.13. The van der Waals surface area contributed by atoms with Gasteiger partial charge >= 0.3 is 5.97 Å².